The summed E-state index contributed by atoms with van der Waals surface area (Å²) in [4.78, 5) is 11.5. The Kier molecular flexibility index (Phi) is 6.47. The van der Waals surface area contributed by atoms with E-state index in [-0.39, 0.29) is 18.9 Å². The van der Waals surface area contributed by atoms with Crippen LogP contribution >= 0.6 is 11.6 Å². The molecule has 0 unspecified atom stereocenters. The lowest BCUT2D eigenvalue weighted by molar-refractivity contribution is -0.119. The number of carbonyl (C=O) groups excluding carboxylic acids is 1. The Morgan fingerprint density at radius 3 is 2.65 bits per heavy atom. The van der Waals surface area contributed by atoms with Crippen molar-refractivity contribution in [2.24, 2.45) is 0 Å². The van der Waals surface area contributed by atoms with Crippen LogP contribution in [0.15, 0.2) is 12.1 Å². The van der Waals surface area contributed by atoms with Gasteiger partial charge in [0.15, 0.2) is 0 Å². The lowest BCUT2D eigenvalue weighted by atomic mass is 10.2. The smallest absolute Gasteiger partial charge is 0.239 e. The van der Waals surface area contributed by atoms with Gasteiger partial charge in [0, 0.05) is 18.7 Å². The highest BCUT2D eigenvalue weighted by molar-refractivity contribution is 6.32. The van der Waals surface area contributed by atoms with Crippen molar-refractivity contribution in [2.45, 2.75) is 6.42 Å². The molecule has 1 rings (SSSR count). The molecule has 0 aliphatic rings. The zero-order valence-corrected chi connectivity index (χ0v) is 12.1. The normalized spacial score (nSPS) is 9.50. The van der Waals surface area contributed by atoms with E-state index in [4.69, 9.17) is 26.3 Å². The number of nitrogens with zero attached hydrogens (tertiary/aromatic N) is 1. The Labute approximate surface area is 122 Å². The molecule has 0 aliphatic carbocycles. The molecule has 1 aromatic carbocycles. The largest absolute Gasteiger partial charge is 0.495 e. The van der Waals surface area contributed by atoms with Crippen molar-refractivity contribution in [1.82, 2.24) is 5.32 Å². The van der Waals surface area contributed by atoms with Gasteiger partial charge in [0.05, 0.1) is 44.0 Å². The van der Waals surface area contributed by atoms with E-state index in [1.807, 2.05) is 6.07 Å². The fourth-order valence-electron chi connectivity index (χ4n) is 1.49. The number of anilines is 1. The SMILES string of the molecule is COc1cc(NCC(=O)NCCC#N)c(OC)cc1Cl. The quantitative estimate of drug-likeness (QED) is 0.750. The predicted octanol–water partition coefficient (Wildman–Crippen LogP) is 1.80. The average molecular weight is 298 g/mol. The Morgan fingerprint density at radius 2 is 2.05 bits per heavy atom. The number of ether oxygens (including phenoxy) is 2. The predicted molar refractivity (Wildman–Crippen MR) is 76.3 cm³/mol. The molecule has 6 nitrogen and oxygen atoms in total. The molecule has 108 valence electrons. The van der Waals surface area contributed by atoms with Gasteiger partial charge in [-0.3, -0.25) is 4.79 Å². The minimum absolute atomic E-state index is 0.0621. The Hall–Kier alpha value is -2.13. The highest BCUT2D eigenvalue weighted by atomic mass is 35.5. The number of halogens is 1. The molecule has 0 aromatic heterocycles. The monoisotopic (exact) mass is 297 g/mol. The van der Waals surface area contributed by atoms with Crippen molar-refractivity contribution in [3.63, 3.8) is 0 Å². The summed E-state index contributed by atoms with van der Waals surface area (Å²) >= 11 is 5.98. The van der Waals surface area contributed by atoms with Crippen LogP contribution in [0.25, 0.3) is 0 Å². The van der Waals surface area contributed by atoms with Crippen LogP contribution in [0.2, 0.25) is 5.02 Å². The summed E-state index contributed by atoms with van der Waals surface area (Å²) in [5.41, 5.74) is 0.601. The first kappa shape index (κ1) is 15.9. The zero-order chi connectivity index (χ0) is 15.0. The van der Waals surface area contributed by atoms with Gasteiger partial charge in [-0.15, -0.1) is 0 Å². The van der Waals surface area contributed by atoms with Crippen LogP contribution in [0.4, 0.5) is 5.69 Å². The van der Waals surface area contributed by atoms with E-state index >= 15 is 0 Å². The van der Waals surface area contributed by atoms with E-state index in [0.29, 0.717) is 28.8 Å². The van der Waals surface area contributed by atoms with Crippen molar-refractivity contribution < 1.29 is 14.3 Å². The Morgan fingerprint density at radius 1 is 1.35 bits per heavy atom. The number of amides is 1. The van der Waals surface area contributed by atoms with Crippen molar-refractivity contribution in [3.8, 4) is 17.6 Å². The molecule has 1 amide bonds. The van der Waals surface area contributed by atoms with Gasteiger partial charge >= 0.3 is 0 Å². The molecule has 0 saturated heterocycles. The molecular formula is C13H16ClN3O3. The molecule has 0 atom stereocenters. The van der Waals surface area contributed by atoms with Gasteiger partial charge in [0.2, 0.25) is 5.91 Å². The summed E-state index contributed by atoms with van der Waals surface area (Å²) in [7, 11) is 3.02. The minimum Gasteiger partial charge on any atom is -0.495 e. The third kappa shape index (κ3) is 4.52. The fourth-order valence-corrected chi connectivity index (χ4v) is 1.73. The molecule has 2 N–H and O–H groups in total. The number of nitrogens with one attached hydrogen (secondary N) is 2. The lowest BCUT2D eigenvalue weighted by Gasteiger charge is -2.13. The van der Waals surface area contributed by atoms with E-state index in [9.17, 15) is 4.79 Å². The molecular weight excluding hydrogens is 282 g/mol. The first-order chi connectivity index (χ1) is 9.62. The van der Waals surface area contributed by atoms with Crippen molar-refractivity contribution in [1.29, 1.82) is 5.26 Å². The molecule has 1 aromatic rings. The van der Waals surface area contributed by atoms with Crippen LogP contribution in [0, 0.1) is 11.3 Å². The maximum atomic E-state index is 11.5. The highest BCUT2D eigenvalue weighted by Gasteiger charge is 2.10. The Bertz CT molecular complexity index is 514. The third-order valence-corrected chi connectivity index (χ3v) is 2.77. The molecule has 0 heterocycles. The van der Waals surface area contributed by atoms with E-state index in [0.717, 1.165) is 0 Å². The third-order valence-electron chi connectivity index (χ3n) is 2.47. The van der Waals surface area contributed by atoms with Gasteiger partial charge in [-0.1, -0.05) is 11.6 Å². The standard InChI is InChI=1S/C13H16ClN3O3/c1-19-11-7-10(12(20-2)6-9(11)14)17-8-13(18)16-5-3-4-15/h6-7,17H,3,5,8H2,1-2H3,(H,16,18). The number of carbonyl (C=O) groups is 1. The van der Waals surface area contributed by atoms with Gasteiger partial charge in [-0.25, -0.2) is 0 Å². The van der Waals surface area contributed by atoms with E-state index in [2.05, 4.69) is 10.6 Å². The summed E-state index contributed by atoms with van der Waals surface area (Å²) in [5, 5.41) is 14.3. The van der Waals surface area contributed by atoms with Crippen LogP contribution in [-0.4, -0.2) is 33.2 Å². The number of benzene rings is 1. The number of nitriles is 1. The molecule has 7 heteroatoms. The first-order valence-electron chi connectivity index (χ1n) is 5.91. The maximum absolute atomic E-state index is 11.5. The molecule has 0 bridgehead atoms. The average Bonchev–Trinajstić information content (AvgIpc) is 2.45. The van der Waals surface area contributed by atoms with Crippen molar-refractivity contribution in [2.75, 3.05) is 32.6 Å². The highest BCUT2D eigenvalue weighted by Crippen LogP contribution is 2.35. The number of rotatable bonds is 7. The van der Waals surface area contributed by atoms with Crippen molar-refractivity contribution in [3.05, 3.63) is 17.2 Å². The maximum Gasteiger partial charge on any atom is 0.239 e. The number of hydrogen-bond donors (Lipinski definition) is 2. The second-order valence-electron chi connectivity index (χ2n) is 3.80. The van der Waals surface area contributed by atoms with Gasteiger partial charge in [0.25, 0.3) is 0 Å². The van der Waals surface area contributed by atoms with Crippen molar-refractivity contribution >= 4 is 23.2 Å². The molecule has 0 radical (unpaired) electrons. The van der Waals surface area contributed by atoms with E-state index in [1.165, 1.54) is 14.2 Å². The molecule has 20 heavy (non-hydrogen) atoms. The Balaban J connectivity index is 2.67. The van der Waals surface area contributed by atoms with Crippen LogP contribution < -0.4 is 20.1 Å². The number of hydrogen-bond acceptors (Lipinski definition) is 5. The fraction of sp³-hybridized carbons (Fsp3) is 0.385. The summed E-state index contributed by atoms with van der Waals surface area (Å²) in [5.74, 6) is 0.789. The second kappa shape index (κ2) is 8.12. The minimum atomic E-state index is -0.212. The van der Waals surface area contributed by atoms with E-state index in [1.54, 1.807) is 12.1 Å². The summed E-state index contributed by atoms with van der Waals surface area (Å²) in [6, 6.07) is 5.21. The van der Waals surface area contributed by atoms with Gasteiger partial charge in [0.1, 0.15) is 11.5 Å². The molecule has 0 aliphatic heterocycles. The number of methoxy groups -OCH3 is 2. The lowest BCUT2D eigenvalue weighted by Crippen LogP contribution is -2.30. The van der Waals surface area contributed by atoms with Crippen LogP contribution in [0.1, 0.15) is 6.42 Å². The molecule has 0 saturated carbocycles. The van der Waals surface area contributed by atoms with Crippen LogP contribution in [-0.2, 0) is 4.79 Å². The zero-order valence-electron chi connectivity index (χ0n) is 11.3. The molecule has 0 fully saturated rings. The van der Waals surface area contributed by atoms with Gasteiger partial charge in [-0.2, -0.15) is 5.26 Å². The summed E-state index contributed by atoms with van der Waals surface area (Å²) in [6.07, 6.45) is 0.282. The topological polar surface area (TPSA) is 83.4 Å². The van der Waals surface area contributed by atoms with Gasteiger partial charge < -0.3 is 20.1 Å². The van der Waals surface area contributed by atoms with E-state index < -0.39 is 0 Å². The second-order valence-corrected chi connectivity index (χ2v) is 4.21. The van der Waals surface area contributed by atoms with Gasteiger partial charge in [-0.05, 0) is 0 Å². The summed E-state index contributed by atoms with van der Waals surface area (Å²) < 4.78 is 10.3. The summed E-state index contributed by atoms with van der Waals surface area (Å²) in [6.45, 7) is 0.394. The molecule has 0 spiro atoms. The van der Waals surface area contributed by atoms with Crippen LogP contribution in [0.5, 0.6) is 11.5 Å². The van der Waals surface area contributed by atoms with Crippen LogP contribution in [0.3, 0.4) is 0 Å². The first-order valence-corrected chi connectivity index (χ1v) is 6.29.